The fourth-order valence-corrected chi connectivity index (χ4v) is 1.24. The number of rotatable bonds is 3. The van der Waals surface area contributed by atoms with Crippen LogP contribution in [0.15, 0.2) is 24.3 Å². The molecule has 12 heavy (non-hydrogen) atoms. The van der Waals surface area contributed by atoms with Gasteiger partial charge >= 0.3 is 0 Å². The highest BCUT2D eigenvalue weighted by molar-refractivity contribution is 7.80. The fourth-order valence-electron chi connectivity index (χ4n) is 1.04. The predicted molar refractivity (Wildman–Crippen MR) is 53.0 cm³/mol. The number of methoxy groups -OCH3 is 1. The van der Waals surface area contributed by atoms with E-state index in [0.717, 1.165) is 11.1 Å². The Bertz CT molecular complexity index is 286. The molecule has 0 saturated carbocycles. The second-order valence-corrected chi connectivity index (χ2v) is 2.89. The van der Waals surface area contributed by atoms with Gasteiger partial charge in [0.25, 0.3) is 0 Å². The molecule has 2 N–H and O–H groups in total. The molecule has 0 saturated heterocycles. The largest absolute Gasteiger partial charge is 0.389 e. The number of nitrogens with two attached hydrogens (primary N) is 1. The third-order valence-corrected chi connectivity index (χ3v) is 1.80. The van der Waals surface area contributed by atoms with E-state index >= 15 is 0 Å². The molecule has 0 bridgehead atoms. The second-order valence-electron chi connectivity index (χ2n) is 2.45. The molecule has 0 aromatic heterocycles. The highest BCUT2D eigenvalue weighted by Gasteiger charge is 2.02. The molecule has 0 aliphatic rings. The van der Waals surface area contributed by atoms with Crippen LogP contribution in [0, 0.1) is 0 Å². The van der Waals surface area contributed by atoms with E-state index in [1.807, 2.05) is 24.3 Å². The van der Waals surface area contributed by atoms with Gasteiger partial charge in [-0.05, 0) is 5.56 Å². The van der Waals surface area contributed by atoms with Gasteiger partial charge in [-0.3, -0.25) is 0 Å². The molecule has 3 heteroatoms. The fraction of sp³-hybridized carbons (Fsp3) is 0.222. The zero-order valence-electron chi connectivity index (χ0n) is 6.91. The lowest BCUT2D eigenvalue weighted by Crippen LogP contribution is -2.12. The average molecular weight is 181 g/mol. The topological polar surface area (TPSA) is 35.2 Å². The molecule has 0 amide bonds. The van der Waals surface area contributed by atoms with Gasteiger partial charge in [-0.15, -0.1) is 0 Å². The van der Waals surface area contributed by atoms with Crippen molar-refractivity contribution >= 4 is 17.2 Å². The molecule has 0 radical (unpaired) electrons. The van der Waals surface area contributed by atoms with Crippen molar-refractivity contribution in [3.05, 3.63) is 35.4 Å². The maximum Gasteiger partial charge on any atom is 0.104 e. The summed E-state index contributed by atoms with van der Waals surface area (Å²) in [7, 11) is 1.65. The summed E-state index contributed by atoms with van der Waals surface area (Å²) >= 11 is 4.89. The van der Waals surface area contributed by atoms with Gasteiger partial charge < -0.3 is 10.5 Å². The molecule has 0 atom stereocenters. The predicted octanol–water partition coefficient (Wildman–Crippen LogP) is 1.47. The lowest BCUT2D eigenvalue weighted by atomic mass is 10.1. The second kappa shape index (κ2) is 4.18. The first-order valence-electron chi connectivity index (χ1n) is 3.62. The lowest BCUT2D eigenvalue weighted by molar-refractivity contribution is 0.185. The molecule has 0 heterocycles. The van der Waals surface area contributed by atoms with Crippen molar-refractivity contribution in [3.63, 3.8) is 0 Å². The molecule has 64 valence electrons. The van der Waals surface area contributed by atoms with E-state index in [4.69, 9.17) is 22.7 Å². The number of thiocarbonyl (C=S) groups is 1. The summed E-state index contributed by atoms with van der Waals surface area (Å²) in [4.78, 5) is 0.419. The Balaban J connectivity index is 3.00. The van der Waals surface area contributed by atoms with E-state index in [2.05, 4.69) is 0 Å². The van der Waals surface area contributed by atoms with Gasteiger partial charge in [0.2, 0.25) is 0 Å². The van der Waals surface area contributed by atoms with Crippen LogP contribution in [-0.2, 0) is 11.3 Å². The van der Waals surface area contributed by atoms with Gasteiger partial charge in [-0.2, -0.15) is 0 Å². The average Bonchev–Trinajstić information content (AvgIpc) is 2.05. The summed E-state index contributed by atoms with van der Waals surface area (Å²) in [6, 6.07) is 7.71. The van der Waals surface area contributed by atoms with Crippen molar-refractivity contribution in [1.29, 1.82) is 0 Å². The van der Waals surface area contributed by atoms with Crippen LogP contribution in [0.25, 0.3) is 0 Å². The maximum atomic E-state index is 5.52. The van der Waals surface area contributed by atoms with Crippen LogP contribution < -0.4 is 5.73 Å². The monoisotopic (exact) mass is 181 g/mol. The molecule has 0 fully saturated rings. The van der Waals surface area contributed by atoms with Crippen molar-refractivity contribution < 1.29 is 4.74 Å². The number of benzene rings is 1. The molecule has 0 spiro atoms. The van der Waals surface area contributed by atoms with Crippen LogP contribution >= 0.6 is 12.2 Å². The number of ether oxygens (including phenoxy) is 1. The van der Waals surface area contributed by atoms with Crippen LogP contribution in [0.4, 0.5) is 0 Å². The van der Waals surface area contributed by atoms with Gasteiger partial charge in [0.15, 0.2) is 0 Å². The normalized spacial score (nSPS) is 9.75. The van der Waals surface area contributed by atoms with Crippen LogP contribution in [-0.4, -0.2) is 12.1 Å². The standard InChI is InChI=1S/C9H11NOS/c1-11-6-7-4-2-3-5-8(7)9(10)12/h2-5H,6H2,1H3,(H2,10,12). The first kappa shape index (κ1) is 9.16. The first-order valence-corrected chi connectivity index (χ1v) is 4.03. The van der Waals surface area contributed by atoms with E-state index in [-0.39, 0.29) is 0 Å². The Labute approximate surface area is 77.3 Å². The SMILES string of the molecule is COCc1ccccc1C(N)=S. The number of hydrogen-bond donors (Lipinski definition) is 1. The maximum absolute atomic E-state index is 5.52. The summed E-state index contributed by atoms with van der Waals surface area (Å²) in [5.74, 6) is 0. The third kappa shape index (κ3) is 2.03. The molecule has 0 aliphatic heterocycles. The minimum atomic E-state index is 0.419. The van der Waals surface area contributed by atoms with Crippen molar-refractivity contribution in [2.45, 2.75) is 6.61 Å². The molecule has 0 unspecified atom stereocenters. The van der Waals surface area contributed by atoms with Crippen LogP contribution in [0.2, 0.25) is 0 Å². The van der Waals surface area contributed by atoms with Crippen molar-refractivity contribution in [2.75, 3.05) is 7.11 Å². The highest BCUT2D eigenvalue weighted by atomic mass is 32.1. The van der Waals surface area contributed by atoms with E-state index in [1.165, 1.54) is 0 Å². The Morgan fingerprint density at radius 1 is 1.50 bits per heavy atom. The van der Waals surface area contributed by atoms with Gasteiger partial charge in [0.05, 0.1) is 6.61 Å². The quantitative estimate of drug-likeness (QED) is 0.717. The lowest BCUT2D eigenvalue weighted by Gasteiger charge is -2.05. The van der Waals surface area contributed by atoms with Gasteiger partial charge in [0.1, 0.15) is 4.99 Å². The van der Waals surface area contributed by atoms with Crippen LogP contribution in [0.1, 0.15) is 11.1 Å². The van der Waals surface area contributed by atoms with E-state index in [1.54, 1.807) is 7.11 Å². The minimum Gasteiger partial charge on any atom is -0.389 e. The van der Waals surface area contributed by atoms with Crippen molar-refractivity contribution in [3.8, 4) is 0 Å². The Morgan fingerprint density at radius 3 is 2.75 bits per heavy atom. The molecule has 1 aromatic carbocycles. The zero-order valence-corrected chi connectivity index (χ0v) is 7.73. The summed E-state index contributed by atoms with van der Waals surface area (Å²) in [6.07, 6.45) is 0. The molecule has 2 nitrogen and oxygen atoms in total. The Morgan fingerprint density at radius 2 is 2.17 bits per heavy atom. The summed E-state index contributed by atoms with van der Waals surface area (Å²) in [5.41, 5.74) is 7.45. The van der Waals surface area contributed by atoms with Crippen LogP contribution in [0.3, 0.4) is 0 Å². The van der Waals surface area contributed by atoms with E-state index < -0.39 is 0 Å². The smallest absolute Gasteiger partial charge is 0.104 e. The zero-order chi connectivity index (χ0) is 8.97. The molecule has 0 aliphatic carbocycles. The van der Waals surface area contributed by atoms with Gasteiger partial charge in [-0.25, -0.2) is 0 Å². The Hall–Kier alpha value is -0.930. The molecular weight excluding hydrogens is 170 g/mol. The first-order chi connectivity index (χ1) is 5.75. The highest BCUT2D eigenvalue weighted by Crippen LogP contribution is 2.09. The van der Waals surface area contributed by atoms with Crippen molar-refractivity contribution in [1.82, 2.24) is 0 Å². The van der Waals surface area contributed by atoms with Gasteiger partial charge in [0, 0.05) is 12.7 Å². The summed E-state index contributed by atoms with van der Waals surface area (Å²) in [5, 5.41) is 0. The summed E-state index contributed by atoms with van der Waals surface area (Å²) in [6.45, 7) is 0.549. The number of hydrogen-bond acceptors (Lipinski definition) is 2. The molecule has 1 aromatic rings. The molecular formula is C9H11NOS. The van der Waals surface area contributed by atoms with Gasteiger partial charge in [-0.1, -0.05) is 36.5 Å². The summed E-state index contributed by atoms with van der Waals surface area (Å²) < 4.78 is 5.00. The Kier molecular flexibility index (Phi) is 3.19. The van der Waals surface area contributed by atoms with Crippen molar-refractivity contribution in [2.24, 2.45) is 5.73 Å². The third-order valence-electron chi connectivity index (χ3n) is 1.58. The minimum absolute atomic E-state index is 0.419. The molecule has 1 rings (SSSR count). The van der Waals surface area contributed by atoms with E-state index in [0.29, 0.717) is 11.6 Å². The van der Waals surface area contributed by atoms with E-state index in [9.17, 15) is 0 Å². The van der Waals surface area contributed by atoms with Crippen LogP contribution in [0.5, 0.6) is 0 Å².